The zero-order valence-electron chi connectivity index (χ0n) is 9.80. The number of benzene rings is 1. The van der Waals surface area contributed by atoms with Crippen molar-refractivity contribution in [3.63, 3.8) is 0 Å². The highest BCUT2D eigenvalue weighted by molar-refractivity contribution is 5.93. The molecule has 1 rings (SSSR count). The molecule has 0 spiro atoms. The van der Waals surface area contributed by atoms with Crippen LogP contribution in [0.3, 0.4) is 0 Å². The van der Waals surface area contributed by atoms with Crippen LogP contribution >= 0.6 is 0 Å². The van der Waals surface area contributed by atoms with Crippen molar-refractivity contribution in [3.05, 3.63) is 36.4 Å². The smallest absolute Gasteiger partial charge is 0.411 e. The first-order valence-electron chi connectivity index (χ1n) is 5.04. The Hall–Kier alpha value is -2.50. The maximum absolute atomic E-state index is 11.3. The topological polar surface area (TPSA) is 84.9 Å². The zero-order valence-corrected chi connectivity index (χ0v) is 9.80. The molecular formula is C12H13NO5. The molecule has 0 fully saturated rings. The number of amides is 1. The monoisotopic (exact) mass is 251 g/mol. The summed E-state index contributed by atoms with van der Waals surface area (Å²) in [5, 5.41) is 11.3. The quantitative estimate of drug-likeness (QED) is 0.783. The van der Waals surface area contributed by atoms with E-state index in [2.05, 4.69) is 11.9 Å². The van der Waals surface area contributed by atoms with Crippen molar-refractivity contribution < 1.29 is 24.2 Å². The average Bonchev–Trinajstić information content (AvgIpc) is 2.35. The Kier molecular flexibility index (Phi) is 4.74. The fourth-order valence-electron chi connectivity index (χ4n) is 1.23. The zero-order chi connectivity index (χ0) is 13.5. The maximum atomic E-state index is 11.3. The van der Waals surface area contributed by atoms with E-state index in [-0.39, 0.29) is 17.9 Å². The molecule has 6 nitrogen and oxygen atoms in total. The SMILES string of the molecule is C=CCOC(=O)Nc1ccc(C(=O)O)c(OC)c1. The van der Waals surface area contributed by atoms with Crippen LogP contribution < -0.4 is 10.1 Å². The van der Waals surface area contributed by atoms with Crippen LogP contribution in [0.15, 0.2) is 30.9 Å². The van der Waals surface area contributed by atoms with Gasteiger partial charge < -0.3 is 14.6 Å². The second-order valence-electron chi connectivity index (χ2n) is 3.23. The summed E-state index contributed by atoms with van der Waals surface area (Å²) >= 11 is 0. The minimum Gasteiger partial charge on any atom is -0.496 e. The average molecular weight is 251 g/mol. The Balaban J connectivity index is 2.82. The van der Waals surface area contributed by atoms with Gasteiger partial charge in [0.2, 0.25) is 0 Å². The minimum absolute atomic E-state index is 0.0162. The molecule has 0 aromatic heterocycles. The summed E-state index contributed by atoms with van der Waals surface area (Å²) in [5.74, 6) is -0.948. The molecule has 2 N–H and O–H groups in total. The molecule has 0 bridgehead atoms. The number of nitrogens with one attached hydrogen (secondary N) is 1. The molecule has 1 amide bonds. The number of ether oxygens (including phenoxy) is 2. The molecular weight excluding hydrogens is 238 g/mol. The Bertz CT molecular complexity index is 470. The third-order valence-electron chi connectivity index (χ3n) is 2.01. The molecule has 0 saturated carbocycles. The Morgan fingerprint density at radius 2 is 2.22 bits per heavy atom. The fourth-order valence-corrected chi connectivity index (χ4v) is 1.23. The van der Waals surface area contributed by atoms with Gasteiger partial charge in [-0.3, -0.25) is 5.32 Å². The van der Waals surface area contributed by atoms with E-state index in [1.165, 1.54) is 31.4 Å². The van der Waals surface area contributed by atoms with E-state index in [9.17, 15) is 9.59 Å². The van der Waals surface area contributed by atoms with Crippen molar-refractivity contribution in [2.75, 3.05) is 19.0 Å². The molecule has 0 saturated heterocycles. The summed E-state index contributed by atoms with van der Waals surface area (Å²) in [6, 6.07) is 4.18. The van der Waals surface area contributed by atoms with Crippen molar-refractivity contribution in [3.8, 4) is 5.75 Å². The van der Waals surface area contributed by atoms with E-state index in [0.29, 0.717) is 5.69 Å². The standard InChI is InChI=1S/C12H13NO5/c1-3-6-18-12(16)13-8-4-5-9(11(14)15)10(7-8)17-2/h3-5,7H,1,6H2,2H3,(H,13,16)(H,14,15). The van der Waals surface area contributed by atoms with Gasteiger partial charge in [-0.25, -0.2) is 9.59 Å². The second kappa shape index (κ2) is 6.29. The van der Waals surface area contributed by atoms with E-state index < -0.39 is 12.1 Å². The first-order valence-corrected chi connectivity index (χ1v) is 5.04. The van der Waals surface area contributed by atoms with Gasteiger partial charge >= 0.3 is 12.1 Å². The van der Waals surface area contributed by atoms with Crippen LogP contribution in [0, 0.1) is 0 Å². The maximum Gasteiger partial charge on any atom is 0.411 e. The molecule has 0 aliphatic carbocycles. The van der Waals surface area contributed by atoms with Crippen molar-refractivity contribution in [2.45, 2.75) is 0 Å². The number of carbonyl (C=O) groups is 2. The van der Waals surface area contributed by atoms with E-state index in [1.807, 2.05) is 0 Å². The number of hydrogen-bond donors (Lipinski definition) is 2. The predicted octanol–water partition coefficient (Wildman–Crippen LogP) is 2.13. The van der Waals surface area contributed by atoms with Crippen LogP contribution in [0.25, 0.3) is 0 Å². The van der Waals surface area contributed by atoms with Crippen LogP contribution in [0.4, 0.5) is 10.5 Å². The highest BCUT2D eigenvalue weighted by atomic mass is 16.5. The second-order valence-corrected chi connectivity index (χ2v) is 3.23. The number of rotatable bonds is 5. The first kappa shape index (κ1) is 13.6. The van der Waals surface area contributed by atoms with Crippen LogP contribution in [0.1, 0.15) is 10.4 Å². The summed E-state index contributed by atoms with van der Waals surface area (Å²) in [4.78, 5) is 22.1. The van der Waals surface area contributed by atoms with E-state index in [4.69, 9.17) is 14.6 Å². The van der Waals surface area contributed by atoms with Crippen LogP contribution in [0.5, 0.6) is 5.75 Å². The fraction of sp³-hybridized carbons (Fsp3) is 0.167. The summed E-state index contributed by atoms with van der Waals surface area (Å²) in [6.45, 7) is 3.50. The summed E-state index contributed by atoms with van der Waals surface area (Å²) in [6.07, 6.45) is 0.785. The summed E-state index contributed by atoms with van der Waals surface area (Å²) < 4.78 is 9.64. The van der Waals surface area contributed by atoms with Gasteiger partial charge in [-0.15, -0.1) is 0 Å². The van der Waals surface area contributed by atoms with Crippen LogP contribution in [-0.4, -0.2) is 30.9 Å². The van der Waals surface area contributed by atoms with Crippen molar-refractivity contribution in [1.29, 1.82) is 0 Å². The molecule has 0 heterocycles. The van der Waals surface area contributed by atoms with E-state index in [1.54, 1.807) is 0 Å². The van der Waals surface area contributed by atoms with Gasteiger partial charge in [0.1, 0.15) is 17.9 Å². The van der Waals surface area contributed by atoms with Gasteiger partial charge in [0.15, 0.2) is 0 Å². The largest absolute Gasteiger partial charge is 0.496 e. The third kappa shape index (κ3) is 3.51. The van der Waals surface area contributed by atoms with Crippen LogP contribution in [0.2, 0.25) is 0 Å². The molecule has 6 heteroatoms. The number of aromatic carboxylic acids is 1. The highest BCUT2D eigenvalue weighted by Gasteiger charge is 2.12. The van der Waals surface area contributed by atoms with Gasteiger partial charge in [-0.2, -0.15) is 0 Å². The van der Waals surface area contributed by atoms with Gasteiger partial charge in [0, 0.05) is 11.8 Å². The summed E-state index contributed by atoms with van der Waals surface area (Å²) in [5.41, 5.74) is 0.397. The van der Waals surface area contributed by atoms with Crippen molar-refractivity contribution in [2.24, 2.45) is 0 Å². The Morgan fingerprint density at radius 1 is 1.50 bits per heavy atom. The third-order valence-corrected chi connectivity index (χ3v) is 2.01. The number of anilines is 1. The number of carboxylic acid groups (broad SMARTS) is 1. The molecule has 0 unspecified atom stereocenters. The summed E-state index contributed by atoms with van der Waals surface area (Å²) in [7, 11) is 1.35. The van der Waals surface area contributed by atoms with Gasteiger partial charge in [0.05, 0.1) is 7.11 Å². The lowest BCUT2D eigenvalue weighted by molar-refractivity contribution is 0.0693. The lowest BCUT2D eigenvalue weighted by atomic mass is 10.2. The van der Waals surface area contributed by atoms with E-state index in [0.717, 1.165) is 0 Å². The predicted molar refractivity (Wildman–Crippen MR) is 65.1 cm³/mol. The molecule has 1 aromatic carbocycles. The number of methoxy groups -OCH3 is 1. The lowest BCUT2D eigenvalue weighted by Gasteiger charge is -2.09. The molecule has 96 valence electrons. The molecule has 0 aliphatic heterocycles. The van der Waals surface area contributed by atoms with Gasteiger partial charge in [-0.05, 0) is 12.1 Å². The molecule has 0 atom stereocenters. The number of hydrogen-bond acceptors (Lipinski definition) is 4. The molecule has 0 radical (unpaired) electrons. The van der Waals surface area contributed by atoms with Gasteiger partial charge in [-0.1, -0.05) is 12.7 Å². The first-order chi connectivity index (χ1) is 8.58. The van der Waals surface area contributed by atoms with Crippen molar-refractivity contribution >= 4 is 17.7 Å². The number of carboxylic acids is 1. The van der Waals surface area contributed by atoms with E-state index >= 15 is 0 Å². The van der Waals surface area contributed by atoms with Crippen molar-refractivity contribution in [1.82, 2.24) is 0 Å². The number of carbonyl (C=O) groups excluding carboxylic acids is 1. The molecule has 18 heavy (non-hydrogen) atoms. The van der Waals surface area contributed by atoms with Gasteiger partial charge in [0.25, 0.3) is 0 Å². The Labute approximate surface area is 104 Å². The highest BCUT2D eigenvalue weighted by Crippen LogP contribution is 2.23. The lowest BCUT2D eigenvalue weighted by Crippen LogP contribution is -2.14. The Morgan fingerprint density at radius 3 is 2.78 bits per heavy atom. The van der Waals surface area contributed by atoms with Crippen LogP contribution in [-0.2, 0) is 4.74 Å². The normalized spacial score (nSPS) is 9.39. The molecule has 0 aliphatic rings. The molecule has 1 aromatic rings. The minimum atomic E-state index is -1.10.